The highest BCUT2D eigenvalue weighted by Crippen LogP contribution is 2.68. The summed E-state index contributed by atoms with van der Waals surface area (Å²) in [7, 11) is -7.08. The van der Waals surface area contributed by atoms with Crippen molar-refractivity contribution >= 4 is 20.4 Å². The molecular weight excluding hydrogens is 430 g/mol. The van der Waals surface area contributed by atoms with Crippen molar-refractivity contribution < 1.29 is 12.0 Å². The molecule has 0 unspecified atom stereocenters. The number of benzene rings is 1. The van der Waals surface area contributed by atoms with Crippen LogP contribution in [0.3, 0.4) is 0 Å². The molecule has 0 fully saturated rings. The molecule has 1 aromatic carbocycles. The third kappa shape index (κ3) is 4.10. The molecule has 0 aliphatic carbocycles. The van der Waals surface area contributed by atoms with Crippen LogP contribution in [0, 0.1) is 13.8 Å². The van der Waals surface area contributed by atoms with E-state index < -0.39 is 20.4 Å². The van der Waals surface area contributed by atoms with Crippen LogP contribution >= 0.6 is 10.3 Å². The lowest BCUT2D eigenvalue weighted by atomic mass is 10.2. The van der Waals surface area contributed by atoms with Gasteiger partial charge in [-0.1, -0.05) is 35.9 Å². The summed E-state index contributed by atoms with van der Waals surface area (Å²) in [6.45, 7) is 3.66. The van der Waals surface area contributed by atoms with Crippen LogP contribution in [0.25, 0.3) is 0 Å². The second-order valence-corrected chi connectivity index (χ2v) is 11.1. The Labute approximate surface area is 183 Å². The molecule has 4 aromatic rings. The minimum atomic E-state index is -4.19. The molecule has 0 saturated carbocycles. The summed E-state index contributed by atoms with van der Waals surface area (Å²) in [6.07, 6.45) is 4.82. The minimum absolute atomic E-state index is 0.109. The highest BCUT2D eigenvalue weighted by atomic mass is 32.3. The Morgan fingerprint density at radius 1 is 0.677 bits per heavy atom. The fourth-order valence-corrected chi connectivity index (χ4v) is 8.20. The van der Waals surface area contributed by atoms with Crippen molar-refractivity contribution in [1.82, 2.24) is 15.0 Å². The van der Waals surface area contributed by atoms with E-state index in [2.05, 4.69) is 15.0 Å². The average Bonchev–Trinajstić information content (AvgIpc) is 2.79. The summed E-state index contributed by atoms with van der Waals surface area (Å²) < 4.78 is 33.4. The predicted molar refractivity (Wildman–Crippen MR) is 119 cm³/mol. The van der Waals surface area contributed by atoms with E-state index in [1.54, 1.807) is 92.2 Å². The molecule has 0 aliphatic rings. The zero-order chi connectivity index (χ0) is 21.9. The Kier molecular flexibility index (Phi) is 5.86. The fraction of sp³-hybridized carbons (Fsp3) is 0.0870. The SMILES string of the molecule is Cc1ccc(S(=O)(=O)OS(c2ccccn2)(c2ccccn2)c2ccccn2)c(C)c1. The van der Waals surface area contributed by atoms with Crippen LogP contribution < -0.4 is 0 Å². The molecule has 0 saturated heterocycles. The van der Waals surface area contributed by atoms with Crippen molar-refractivity contribution in [2.45, 2.75) is 33.8 Å². The zero-order valence-electron chi connectivity index (χ0n) is 17.0. The van der Waals surface area contributed by atoms with Gasteiger partial charge in [0.25, 0.3) is 0 Å². The smallest absolute Gasteiger partial charge is 0.249 e. The predicted octanol–water partition coefficient (Wildman–Crippen LogP) is 5.09. The van der Waals surface area contributed by atoms with Gasteiger partial charge in [-0.05, 0) is 61.9 Å². The molecule has 158 valence electrons. The lowest BCUT2D eigenvalue weighted by molar-refractivity contribution is 0.504. The van der Waals surface area contributed by atoms with Crippen LogP contribution in [0.1, 0.15) is 11.1 Å². The summed E-state index contributed by atoms with van der Waals surface area (Å²) in [5, 5.41) is 1.34. The molecule has 3 heterocycles. The van der Waals surface area contributed by atoms with Crippen molar-refractivity contribution in [3.05, 3.63) is 103 Å². The number of rotatable bonds is 6. The van der Waals surface area contributed by atoms with E-state index in [9.17, 15) is 8.42 Å². The van der Waals surface area contributed by atoms with Gasteiger partial charge in [0.2, 0.25) is 0 Å². The third-order valence-corrected chi connectivity index (χ3v) is 9.61. The van der Waals surface area contributed by atoms with E-state index in [4.69, 9.17) is 3.63 Å². The van der Waals surface area contributed by atoms with Crippen molar-refractivity contribution in [2.24, 2.45) is 0 Å². The van der Waals surface area contributed by atoms with Gasteiger partial charge in [0.05, 0.1) is 4.90 Å². The molecule has 0 aliphatic heterocycles. The van der Waals surface area contributed by atoms with E-state index in [0.29, 0.717) is 20.6 Å². The van der Waals surface area contributed by atoms with Gasteiger partial charge in [-0.15, -0.1) is 0 Å². The first-order valence-electron chi connectivity index (χ1n) is 9.53. The molecule has 31 heavy (non-hydrogen) atoms. The highest BCUT2D eigenvalue weighted by Gasteiger charge is 2.42. The summed E-state index contributed by atoms with van der Waals surface area (Å²) in [4.78, 5) is 13.6. The maximum Gasteiger partial charge on any atom is 0.307 e. The summed E-state index contributed by atoms with van der Waals surface area (Å²) in [5.74, 6) is 0. The highest BCUT2D eigenvalue weighted by molar-refractivity contribution is 8.32. The monoisotopic (exact) mass is 451 g/mol. The van der Waals surface area contributed by atoms with Gasteiger partial charge in [0, 0.05) is 28.9 Å². The number of aryl methyl sites for hydroxylation is 2. The van der Waals surface area contributed by atoms with Crippen molar-refractivity contribution in [2.75, 3.05) is 0 Å². The molecule has 8 heteroatoms. The Morgan fingerprint density at radius 3 is 1.55 bits per heavy atom. The maximum absolute atomic E-state index is 13.6. The largest absolute Gasteiger partial charge is 0.307 e. The molecular formula is C23H21N3O3S2. The molecule has 6 nitrogen and oxygen atoms in total. The van der Waals surface area contributed by atoms with Gasteiger partial charge >= 0.3 is 10.1 Å². The lowest BCUT2D eigenvalue weighted by Crippen LogP contribution is -2.17. The normalized spacial score (nSPS) is 12.5. The Balaban J connectivity index is 2.01. The van der Waals surface area contributed by atoms with Crippen molar-refractivity contribution in [3.8, 4) is 0 Å². The first kappa shape index (κ1) is 21.2. The van der Waals surface area contributed by atoms with Crippen LogP contribution in [0.15, 0.2) is 111 Å². The average molecular weight is 452 g/mol. The van der Waals surface area contributed by atoms with Gasteiger partial charge in [-0.2, -0.15) is 12.0 Å². The summed E-state index contributed by atoms with van der Waals surface area (Å²) in [6, 6.07) is 21.1. The second kappa shape index (κ2) is 8.58. The molecule has 0 amide bonds. The third-order valence-electron chi connectivity index (χ3n) is 4.59. The fourth-order valence-electron chi connectivity index (χ4n) is 3.23. The Morgan fingerprint density at radius 2 is 1.16 bits per heavy atom. The summed E-state index contributed by atoms with van der Waals surface area (Å²) >= 11 is 0. The molecule has 4 rings (SSSR count). The minimum Gasteiger partial charge on any atom is -0.249 e. The molecule has 3 aromatic heterocycles. The van der Waals surface area contributed by atoms with E-state index in [-0.39, 0.29) is 4.90 Å². The first-order chi connectivity index (χ1) is 14.9. The molecule has 0 spiro atoms. The van der Waals surface area contributed by atoms with Gasteiger partial charge < -0.3 is 0 Å². The van der Waals surface area contributed by atoms with Crippen molar-refractivity contribution in [3.63, 3.8) is 0 Å². The van der Waals surface area contributed by atoms with Crippen molar-refractivity contribution in [1.29, 1.82) is 0 Å². The van der Waals surface area contributed by atoms with Gasteiger partial charge in [0.15, 0.2) is 0 Å². The number of pyridine rings is 3. The van der Waals surface area contributed by atoms with Crippen LogP contribution in [-0.2, 0) is 13.7 Å². The maximum atomic E-state index is 13.6. The van der Waals surface area contributed by atoms with Crippen LogP contribution in [0.2, 0.25) is 0 Å². The second-order valence-electron chi connectivity index (χ2n) is 6.85. The molecule has 0 bridgehead atoms. The Hall–Kier alpha value is -3.07. The lowest BCUT2D eigenvalue weighted by Gasteiger charge is -2.35. The van der Waals surface area contributed by atoms with Gasteiger partial charge in [0.1, 0.15) is 15.1 Å². The first-order valence-corrected chi connectivity index (χ1v) is 12.5. The number of nitrogens with zero attached hydrogens (tertiary/aromatic N) is 3. The number of hydrogen-bond acceptors (Lipinski definition) is 6. The van der Waals surface area contributed by atoms with Crippen LogP contribution in [-0.4, -0.2) is 23.4 Å². The number of aromatic nitrogens is 3. The summed E-state index contributed by atoms with van der Waals surface area (Å²) in [5.41, 5.74) is 1.57. The van der Waals surface area contributed by atoms with E-state index in [1.165, 1.54) is 0 Å². The van der Waals surface area contributed by atoms with Crippen LogP contribution in [0.4, 0.5) is 0 Å². The standard InChI is InChI=1S/C23H21N3O3S2/c1-18-12-13-20(19(2)17-18)31(27,28)29-30(21-9-3-6-14-24-21,22-10-4-7-15-25-22)23-11-5-8-16-26-23/h3-17H,1-2H3. The van der Waals surface area contributed by atoms with Crippen LogP contribution in [0.5, 0.6) is 0 Å². The molecule has 0 atom stereocenters. The topological polar surface area (TPSA) is 82.0 Å². The van der Waals surface area contributed by atoms with Gasteiger partial charge in [-0.3, -0.25) is 0 Å². The molecule has 0 radical (unpaired) electrons. The van der Waals surface area contributed by atoms with E-state index in [0.717, 1.165) is 5.56 Å². The van der Waals surface area contributed by atoms with E-state index in [1.807, 2.05) is 13.0 Å². The number of hydrogen-bond donors (Lipinski definition) is 0. The van der Waals surface area contributed by atoms with E-state index >= 15 is 0 Å². The quantitative estimate of drug-likeness (QED) is 0.406. The zero-order valence-corrected chi connectivity index (χ0v) is 18.7. The van der Waals surface area contributed by atoms with Gasteiger partial charge in [-0.25, -0.2) is 15.0 Å². The Bertz CT molecular complexity index is 1190. The molecule has 0 N–H and O–H groups in total.